The van der Waals surface area contributed by atoms with Crippen LogP contribution in [0.1, 0.15) is 46.6 Å². The summed E-state index contributed by atoms with van der Waals surface area (Å²) in [5, 5.41) is 4.81. The summed E-state index contributed by atoms with van der Waals surface area (Å²) in [4.78, 5) is 40.9. The molecule has 0 radical (unpaired) electrons. The molecule has 0 bridgehead atoms. The minimum absolute atomic E-state index is 0.0673. The maximum atomic E-state index is 14.7. The second-order valence-corrected chi connectivity index (χ2v) is 8.27. The molecule has 3 aliphatic rings. The SMILES string of the molecule is [2H]C1([2H])C(=O)NC(=O)C([2H])(N2Cc3c(NCc4cc(CN5CCOCC5)ccc4F)cccc3C2=O)C1([2H])[2H]. The van der Waals surface area contributed by atoms with E-state index in [4.69, 9.17) is 11.6 Å². The molecule has 0 saturated carbocycles. The highest BCUT2D eigenvalue weighted by Crippen LogP contribution is 2.32. The van der Waals surface area contributed by atoms with Crippen LogP contribution in [-0.2, 0) is 34.0 Å². The van der Waals surface area contributed by atoms with Crippen molar-refractivity contribution in [1.82, 2.24) is 15.1 Å². The Kier molecular flexibility index (Phi) is 4.81. The van der Waals surface area contributed by atoms with Crippen LogP contribution < -0.4 is 10.6 Å². The van der Waals surface area contributed by atoms with Gasteiger partial charge in [-0.15, -0.1) is 0 Å². The quantitative estimate of drug-likeness (QED) is 0.627. The van der Waals surface area contributed by atoms with Gasteiger partial charge < -0.3 is 15.0 Å². The fourth-order valence-corrected chi connectivity index (χ4v) is 4.31. The number of morpholine rings is 1. The molecule has 2 N–H and O–H groups in total. The molecule has 2 saturated heterocycles. The topological polar surface area (TPSA) is 91.0 Å². The Balaban J connectivity index is 1.38. The van der Waals surface area contributed by atoms with Crippen LogP contribution in [0.3, 0.4) is 0 Å². The Bertz CT molecular complexity index is 1350. The smallest absolute Gasteiger partial charge is 0.255 e. The van der Waals surface area contributed by atoms with Crippen molar-refractivity contribution in [3.63, 3.8) is 0 Å². The summed E-state index contributed by atoms with van der Waals surface area (Å²) < 4.78 is 61.0. The highest BCUT2D eigenvalue weighted by Gasteiger charge is 2.39. The highest BCUT2D eigenvalue weighted by atomic mass is 19.1. The molecule has 8 nitrogen and oxygen atoms in total. The number of anilines is 1. The summed E-state index contributed by atoms with van der Waals surface area (Å²) in [6.45, 7) is 3.19. The zero-order valence-electron chi connectivity index (χ0n) is 23.3. The van der Waals surface area contributed by atoms with Crippen LogP contribution in [0, 0.1) is 5.82 Å². The number of imide groups is 1. The molecule has 2 aromatic carbocycles. The van der Waals surface area contributed by atoms with Crippen LogP contribution in [0.25, 0.3) is 0 Å². The number of amides is 3. The molecule has 178 valence electrons. The Labute approximate surface area is 204 Å². The van der Waals surface area contributed by atoms with Gasteiger partial charge in [0.1, 0.15) is 11.8 Å². The fraction of sp³-hybridized carbons (Fsp3) is 0.400. The van der Waals surface area contributed by atoms with Gasteiger partial charge in [-0.3, -0.25) is 24.6 Å². The largest absolute Gasteiger partial charge is 0.381 e. The summed E-state index contributed by atoms with van der Waals surface area (Å²) >= 11 is 0. The van der Waals surface area contributed by atoms with E-state index in [2.05, 4.69) is 10.2 Å². The lowest BCUT2D eigenvalue weighted by atomic mass is 10.0. The molecule has 5 rings (SSSR count). The van der Waals surface area contributed by atoms with E-state index >= 15 is 0 Å². The van der Waals surface area contributed by atoms with Crippen molar-refractivity contribution in [3.05, 3.63) is 64.5 Å². The number of nitrogens with zero attached hydrogens (tertiary/aromatic N) is 2. The van der Waals surface area contributed by atoms with Gasteiger partial charge in [0.25, 0.3) is 5.91 Å². The number of halogens is 1. The van der Waals surface area contributed by atoms with E-state index < -0.39 is 48.8 Å². The van der Waals surface area contributed by atoms with Gasteiger partial charge in [0.15, 0.2) is 0 Å². The molecule has 0 spiro atoms. The van der Waals surface area contributed by atoms with Crippen molar-refractivity contribution < 1.29 is 30.4 Å². The number of carbonyl (C=O) groups excluding carboxylic acids is 3. The third-order valence-electron chi connectivity index (χ3n) is 6.06. The zero-order chi connectivity index (χ0) is 28.2. The molecule has 2 fully saturated rings. The van der Waals surface area contributed by atoms with Gasteiger partial charge in [-0.25, -0.2) is 4.39 Å². The third kappa shape index (κ3) is 4.53. The third-order valence-corrected chi connectivity index (χ3v) is 6.06. The van der Waals surface area contributed by atoms with Crippen LogP contribution in [-0.4, -0.2) is 59.8 Å². The number of benzene rings is 2. The summed E-state index contributed by atoms with van der Waals surface area (Å²) in [7, 11) is 0. The van der Waals surface area contributed by atoms with Gasteiger partial charge in [-0.1, -0.05) is 12.1 Å². The second kappa shape index (κ2) is 9.52. The van der Waals surface area contributed by atoms with Crippen LogP contribution in [0.4, 0.5) is 10.1 Å². The Morgan fingerprint density at radius 2 is 2.03 bits per heavy atom. The molecule has 3 amide bonds. The van der Waals surface area contributed by atoms with E-state index in [-0.39, 0.29) is 12.1 Å². The zero-order valence-corrected chi connectivity index (χ0v) is 18.3. The van der Waals surface area contributed by atoms with E-state index in [0.29, 0.717) is 41.5 Å². The summed E-state index contributed by atoms with van der Waals surface area (Å²) in [6, 6.07) is 6.48. The first-order valence-electron chi connectivity index (χ1n) is 13.5. The van der Waals surface area contributed by atoms with Gasteiger partial charge in [0, 0.05) is 67.0 Å². The lowest BCUT2D eigenvalue weighted by Crippen LogP contribution is -2.52. The molecule has 2 aromatic rings. The average molecular weight is 472 g/mol. The fourth-order valence-electron chi connectivity index (χ4n) is 4.31. The first-order chi connectivity index (χ1) is 18.4. The number of ether oxygens (including phenoxy) is 1. The number of hydrogen-bond donors (Lipinski definition) is 2. The van der Waals surface area contributed by atoms with Gasteiger partial charge in [-0.05, 0) is 36.2 Å². The van der Waals surface area contributed by atoms with Crippen LogP contribution in [0.15, 0.2) is 36.4 Å². The van der Waals surface area contributed by atoms with Gasteiger partial charge in [0.05, 0.1) is 14.6 Å². The molecule has 1 unspecified atom stereocenters. The number of rotatable bonds is 6. The average Bonchev–Trinajstić information content (AvgIpc) is 3.25. The molecule has 3 aliphatic heterocycles. The van der Waals surface area contributed by atoms with Gasteiger partial charge >= 0.3 is 0 Å². The van der Waals surface area contributed by atoms with E-state index in [9.17, 15) is 18.8 Å². The number of nitrogens with one attached hydrogen (secondary N) is 2. The van der Waals surface area contributed by atoms with Crippen molar-refractivity contribution in [2.45, 2.75) is 38.4 Å². The molecular weight excluding hydrogens is 439 g/mol. The Morgan fingerprint density at radius 1 is 1.21 bits per heavy atom. The molecule has 9 heteroatoms. The van der Waals surface area contributed by atoms with E-state index in [1.807, 2.05) is 0 Å². The van der Waals surface area contributed by atoms with Crippen molar-refractivity contribution in [3.8, 4) is 0 Å². The van der Waals surface area contributed by atoms with Crippen molar-refractivity contribution in [2.24, 2.45) is 0 Å². The van der Waals surface area contributed by atoms with Crippen molar-refractivity contribution in [2.75, 3.05) is 31.6 Å². The van der Waals surface area contributed by atoms with Crippen molar-refractivity contribution >= 4 is 23.4 Å². The molecule has 34 heavy (non-hydrogen) atoms. The predicted molar refractivity (Wildman–Crippen MR) is 122 cm³/mol. The Hall–Kier alpha value is -3.30. The van der Waals surface area contributed by atoms with Crippen LogP contribution >= 0.6 is 0 Å². The molecule has 0 aromatic heterocycles. The minimum atomic E-state index is -3.35. The predicted octanol–water partition coefficient (Wildman–Crippen LogP) is 2.03. The Morgan fingerprint density at radius 3 is 2.85 bits per heavy atom. The van der Waals surface area contributed by atoms with E-state index in [1.54, 1.807) is 29.6 Å². The summed E-state index contributed by atoms with van der Waals surface area (Å²) in [6.07, 6.45) is -6.60. The first-order valence-corrected chi connectivity index (χ1v) is 11.0. The monoisotopic (exact) mass is 471 g/mol. The lowest BCUT2D eigenvalue weighted by molar-refractivity contribution is -0.136. The first kappa shape index (κ1) is 17.2. The van der Waals surface area contributed by atoms with Crippen LogP contribution in [0.2, 0.25) is 0 Å². The molecule has 0 aliphatic carbocycles. The van der Waals surface area contributed by atoms with Crippen molar-refractivity contribution in [1.29, 1.82) is 0 Å². The molecule has 3 heterocycles. The number of piperidine rings is 1. The maximum absolute atomic E-state index is 14.7. The van der Waals surface area contributed by atoms with E-state index in [0.717, 1.165) is 18.7 Å². The second-order valence-electron chi connectivity index (χ2n) is 8.27. The molecular formula is C25H27FN4O4. The van der Waals surface area contributed by atoms with E-state index in [1.165, 1.54) is 12.1 Å². The number of hydrogen-bond acceptors (Lipinski definition) is 6. The molecule has 1 atom stereocenters. The maximum Gasteiger partial charge on any atom is 0.255 e. The summed E-state index contributed by atoms with van der Waals surface area (Å²) in [5.41, 5.74) is 2.18. The summed E-state index contributed by atoms with van der Waals surface area (Å²) in [5.74, 6) is -4.21. The van der Waals surface area contributed by atoms with Crippen LogP contribution in [0.5, 0.6) is 0 Å². The minimum Gasteiger partial charge on any atom is -0.381 e. The number of carbonyl (C=O) groups is 3. The highest BCUT2D eigenvalue weighted by molar-refractivity contribution is 6.06. The lowest BCUT2D eigenvalue weighted by Gasteiger charge is -2.29. The van der Waals surface area contributed by atoms with Gasteiger partial charge in [0.2, 0.25) is 11.8 Å². The number of fused-ring (bicyclic) bond motifs is 1. The standard InChI is InChI=1S/C25H27FN4O4/c26-20-5-4-16(14-29-8-10-34-11-9-29)12-17(20)13-27-21-3-1-2-18-19(21)15-30(25(18)33)22-6-7-23(31)28-24(22)32/h1-5,12,22,27H,6-11,13-15H2,(H,28,31,32)/i6D2,7D2,22D. The van der Waals surface area contributed by atoms with Gasteiger partial charge in [-0.2, -0.15) is 0 Å². The normalized spacial score (nSPS) is 28.2.